The molecule has 0 fully saturated rings. The maximum atomic E-state index is 12.6. The van der Waals surface area contributed by atoms with E-state index in [9.17, 15) is 4.79 Å². The number of thioether (sulfide) groups is 1. The van der Waals surface area contributed by atoms with Gasteiger partial charge in [0.05, 0.1) is 47.5 Å². The van der Waals surface area contributed by atoms with E-state index in [4.69, 9.17) is 23.7 Å². The Bertz CT molecular complexity index is 1450. The van der Waals surface area contributed by atoms with Crippen molar-refractivity contribution >= 4 is 23.9 Å². The molecule has 0 spiro atoms. The molecule has 0 aliphatic rings. The van der Waals surface area contributed by atoms with E-state index >= 15 is 0 Å². The predicted molar refractivity (Wildman–Crippen MR) is 152 cm³/mol. The standard InChI is InChI=1S/C28H29N5O6S/c1-35-21-10-6-19(7-11-21)27-31-32-28(33(27)20-8-12-22(36-2)13-9-20)40-17-25(34)30-29-16-18-14-23(37-3)26(39-5)24(15-18)38-4/h6-16H,17H2,1-5H3,(H,30,34)/b29-16-. The van der Waals surface area contributed by atoms with Crippen LogP contribution in [0.4, 0.5) is 0 Å². The Hall–Kier alpha value is -4.71. The van der Waals surface area contributed by atoms with Crippen molar-refractivity contribution in [3.8, 4) is 45.8 Å². The topological polar surface area (TPSA) is 118 Å². The number of nitrogens with one attached hydrogen (secondary N) is 1. The van der Waals surface area contributed by atoms with Crippen LogP contribution in [-0.4, -0.2) is 68.2 Å². The van der Waals surface area contributed by atoms with Gasteiger partial charge in [-0.1, -0.05) is 11.8 Å². The van der Waals surface area contributed by atoms with Crippen molar-refractivity contribution in [3.05, 3.63) is 66.2 Å². The summed E-state index contributed by atoms with van der Waals surface area (Å²) < 4.78 is 28.5. The first-order valence-electron chi connectivity index (χ1n) is 12.0. The number of hydrazone groups is 1. The summed E-state index contributed by atoms with van der Waals surface area (Å²) in [6, 6.07) is 18.5. The third-order valence-electron chi connectivity index (χ3n) is 5.73. The fourth-order valence-corrected chi connectivity index (χ4v) is 4.52. The van der Waals surface area contributed by atoms with E-state index in [0.717, 1.165) is 22.7 Å². The lowest BCUT2D eigenvalue weighted by atomic mass is 10.2. The summed E-state index contributed by atoms with van der Waals surface area (Å²) in [6.45, 7) is 0. The molecular formula is C28H29N5O6S. The quantitative estimate of drug-likeness (QED) is 0.154. The van der Waals surface area contributed by atoms with Gasteiger partial charge in [0.25, 0.3) is 5.91 Å². The Balaban J connectivity index is 1.51. The molecule has 4 rings (SSSR count). The van der Waals surface area contributed by atoms with Crippen LogP contribution < -0.4 is 29.1 Å². The zero-order valence-corrected chi connectivity index (χ0v) is 23.5. The minimum Gasteiger partial charge on any atom is -0.497 e. The Labute approximate surface area is 236 Å². The molecule has 0 aliphatic heterocycles. The lowest BCUT2D eigenvalue weighted by Crippen LogP contribution is -2.20. The molecule has 0 unspecified atom stereocenters. The zero-order chi connectivity index (χ0) is 28.5. The molecule has 0 radical (unpaired) electrons. The summed E-state index contributed by atoms with van der Waals surface area (Å²) in [5.74, 6) is 3.26. The van der Waals surface area contributed by atoms with E-state index in [2.05, 4.69) is 20.7 Å². The van der Waals surface area contributed by atoms with E-state index in [0.29, 0.717) is 33.8 Å². The molecule has 1 N–H and O–H groups in total. The second kappa shape index (κ2) is 13.4. The highest BCUT2D eigenvalue weighted by atomic mass is 32.2. The average molecular weight is 564 g/mol. The average Bonchev–Trinajstić information content (AvgIpc) is 3.43. The summed E-state index contributed by atoms with van der Waals surface area (Å²) >= 11 is 1.24. The Morgan fingerprint density at radius 2 is 1.45 bits per heavy atom. The second-order valence-electron chi connectivity index (χ2n) is 8.11. The van der Waals surface area contributed by atoms with Crippen LogP contribution in [0.2, 0.25) is 0 Å². The molecule has 0 atom stereocenters. The summed E-state index contributed by atoms with van der Waals surface area (Å²) in [5, 5.41) is 13.4. The first-order chi connectivity index (χ1) is 19.5. The molecule has 40 heavy (non-hydrogen) atoms. The van der Waals surface area contributed by atoms with Crippen molar-refractivity contribution in [2.24, 2.45) is 5.10 Å². The van der Waals surface area contributed by atoms with Crippen molar-refractivity contribution in [2.45, 2.75) is 5.16 Å². The van der Waals surface area contributed by atoms with Crippen molar-refractivity contribution in [1.29, 1.82) is 0 Å². The third kappa shape index (κ3) is 6.46. The minimum absolute atomic E-state index is 0.0590. The molecule has 1 heterocycles. The highest BCUT2D eigenvalue weighted by molar-refractivity contribution is 7.99. The first kappa shape index (κ1) is 28.3. The number of ether oxygens (including phenoxy) is 5. The summed E-state index contributed by atoms with van der Waals surface area (Å²) in [5.41, 5.74) is 4.86. The van der Waals surface area contributed by atoms with Crippen LogP contribution in [0.5, 0.6) is 28.7 Å². The Morgan fingerprint density at radius 3 is 2.00 bits per heavy atom. The van der Waals surface area contributed by atoms with Crippen molar-refractivity contribution in [3.63, 3.8) is 0 Å². The smallest absolute Gasteiger partial charge is 0.250 e. The van der Waals surface area contributed by atoms with Gasteiger partial charge in [-0.15, -0.1) is 10.2 Å². The number of nitrogens with zero attached hydrogens (tertiary/aromatic N) is 4. The fraction of sp³-hybridized carbons (Fsp3) is 0.214. The SMILES string of the molecule is COc1ccc(-c2nnc(SCC(=O)N/N=C\c3cc(OC)c(OC)c(OC)c3)n2-c2ccc(OC)cc2)cc1. The normalized spacial score (nSPS) is 10.8. The molecule has 1 amide bonds. The zero-order valence-electron chi connectivity index (χ0n) is 22.7. The van der Waals surface area contributed by atoms with Gasteiger partial charge in [-0.2, -0.15) is 5.10 Å². The number of carbonyl (C=O) groups excluding carboxylic acids is 1. The highest BCUT2D eigenvalue weighted by Gasteiger charge is 2.18. The van der Waals surface area contributed by atoms with E-state index in [1.807, 2.05) is 53.1 Å². The molecule has 0 aliphatic carbocycles. The predicted octanol–water partition coefficient (Wildman–Crippen LogP) is 4.22. The number of methoxy groups -OCH3 is 5. The maximum absolute atomic E-state index is 12.6. The van der Waals surface area contributed by atoms with E-state index in [-0.39, 0.29) is 11.7 Å². The summed E-state index contributed by atoms with van der Waals surface area (Å²) in [6.07, 6.45) is 1.49. The van der Waals surface area contributed by atoms with Gasteiger partial charge in [0.1, 0.15) is 11.5 Å². The molecule has 0 bridgehead atoms. The number of amides is 1. The first-order valence-corrected chi connectivity index (χ1v) is 13.0. The van der Waals surface area contributed by atoms with Crippen LogP contribution in [0, 0.1) is 0 Å². The van der Waals surface area contributed by atoms with E-state index < -0.39 is 0 Å². The van der Waals surface area contributed by atoms with Gasteiger partial charge < -0.3 is 23.7 Å². The van der Waals surface area contributed by atoms with Gasteiger partial charge >= 0.3 is 0 Å². The molecule has 0 saturated carbocycles. The van der Waals surface area contributed by atoms with Crippen LogP contribution in [0.3, 0.4) is 0 Å². The van der Waals surface area contributed by atoms with Crippen LogP contribution in [0.25, 0.3) is 17.1 Å². The summed E-state index contributed by atoms with van der Waals surface area (Å²) in [7, 11) is 7.81. The number of carbonyl (C=O) groups is 1. The van der Waals surface area contributed by atoms with Crippen LogP contribution >= 0.6 is 11.8 Å². The molecule has 0 saturated heterocycles. The van der Waals surface area contributed by atoms with Crippen molar-refractivity contribution in [2.75, 3.05) is 41.3 Å². The molecule has 12 heteroatoms. The third-order valence-corrected chi connectivity index (χ3v) is 6.66. The van der Waals surface area contributed by atoms with Gasteiger partial charge in [0.15, 0.2) is 22.5 Å². The highest BCUT2D eigenvalue weighted by Crippen LogP contribution is 2.37. The summed E-state index contributed by atoms with van der Waals surface area (Å²) in [4.78, 5) is 12.6. The van der Waals surface area contributed by atoms with Crippen LogP contribution in [0.15, 0.2) is 70.9 Å². The van der Waals surface area contributed by atoms with Crippen LogP contribution in [-0.2, 0) is 4.79 Å². The number of aromatic nitrogens is 3. The maximum Gasteiger partial charge on any atom is 0.250 e. The number of hydrogen-bond acceptors (Lipinski definition) is 10. The van der Waals surface area contributed by atoms with E-state index in [1.54, 1.807) is 26.4 Å². The van der Waals surface area contributed by atoms with Gasteiger partial charge in [0.2, 0.25) is 5.75 Å². The second-order valence-corrected chi connectivity index (χ2v) is 9.05. The largest absolute Gasteiger partial charge is 0.497 e. The minimum atomic E-state index is -0.316. The number of rotatable bonds is 12. The monoisotopic (exact) mass is 563 g/mol. The van der Waals surface area contributed by atoms with E-state index in [1.165, 1.54) is 39.3 Å². The van der Waals surface area contributed by atoms with Crippen LogP contribution in [0.1, 0.15) is 5.56 Å². The van der Waals surface area contributed by atoms with Gasteiger partial charge in [0, 0.05) is 16.8 Å². The molecule has 3 aromatic carbocycles. The lowest BCUT2D eigenvalue weighted by Gasteiger charge is -2.12. The van der Waals surface area contributed by atoms with Gasteiger partial charge in [-0.25, -0.2) is 5.43 Å². The number of hydrogen-bond donors (Lipinski definition) is 1. The lowest BCUT2D eigenvalue weighted by molar-refractivity contribution is -0.118. The molecule has 208 valence electrons. The van der Waals surface area contributed by atoms with Gasteiger partial charge in [-0.3, -0.25) is 9.36 Å². The molecule has 11 nitrogen and oxygen atoms in total. The van der Waals surface area contributed by atoms with Gasteiger partial charge in [-0.05, 0) is 60.7 Å². The number of benzene rings is 3. The molecule has 1 aromatic heterocycles. The van der Waals surface area contributed by atoms with Crippen molar-refractivity contribution < 1.29 is 28.5 Å². The Kier molecular flexibility index (Phi) is 9.47. The molecular weight excluding hydrogens is 534 g/mol. The van der Waals surface area contributed by atoms with Crippen molar-refractivity contribution in [1.82, 2.24) is 20.2 Å². The molecule has 4 aromatic rings. The Morgan fingerprint density at radius 1 is 0.850 bits per heavy atom. The fourth-order valence-electron chi connectivity index (χ4n) is 3.77.